The van der Waals surface area contributed by atoms with Crippen LogP contribution >= 0.6 is 0 Å². The number of fused-ring (bicyclic) bond motifs is 1. The van der Waals surface area contributed by atoms with Crippen molar-refractivity contribution in [1.82, 2.24) is 9.88 Å². The summed E-state index contributed by atoms with van der Waals surface area (Å²) in [5, 5.41) is 3.31. The first-order valence-corrected chi connectivity index (χ1v) is 8.67. The molecule has 2 aliphatic heterocycles. The lowest BCUT2D eigenvalue weighted by Gasteiger charge is -2.26. The Morgan fingerprint density at radius 1 is 1.08 bits per heavy atom. The lowest BCUT2D eigenvalue weighted by Crippen LogP contribution is -2.36. The van der Waals surface area contributed by atoms with E-state index in [-0.39, 0.29) is 12.7 Å². The van der Waals surface area contributed by atoms with Gasteiger partial charge in [-0.05, 0) is 49.1 Å². The first kappa shape index (κ1) is 15.7. The number of aromatic nitrogens is 1. The molecule has 6 heteroatoms. The zero-order valence-electron chi connectivity index (χ0n) is 14.0. The van der Waals surface area contributed by atoms with Crippen LogP contribution < -0.4 is 14.8 Å². The molecule has 2 aromatic rings. The summed E-state index contributed by atoms with van der Waals surface area (Å²) in [5.74, 6) is 1.59. The van der Waals surface area contributed by atoms with Crippen molar-refractivity contribution in [3.8, 4) is 11.5 Å². The summed E-state index contributed by atoms with van der Waals surface area (Å²) in [6.45, 7) is 2.61. The van der Waals surface area contributed by atoms with Crippen molar-refractivity contribution in [3.63, 3.8) is 0 Å². The van der Waals surface area contributed by atoms with Gasteiger partial charge in [0.05, 0.1) is 11.9 Å². The average molecular weight is 339 g/mol. The van der Waals surface area contributed by atoms with E-state index in [0.717, 1.165) is 48.7 Å². The van der Waals surface area contributed by atoms with Crippen molar-refractivity contribution in [2.75, 3.05) is 25.2 Å². The van der Waals surface area contributed by atoms with Gasteiger partial charge in [0.2, 0.25) is 6.79 Å². The van der Waals surface area contributed by atoms with Gasteiger partial charge in [0.15, 0.2) is 11.5 Å². The number of carbonyl (C=O) groups is 1. The number of hydrogen-bond donors (Lipinski definition) is 1. The number of amides is 1. The quantitative estimate of drug-likeness (QED) is 0.927. The minimum Gasteiger partial charge on any atom is -0.454 e. The van der Waals surface area contributed by atoms with Gasteiger partial charge in [-0.2, -0.15) is 0 Å². The topological polar surface area (TPSA) is 63.7 Å². The van der Waals surface area contributed by atoms with E-state index in [2.05, 4.69) is 10.3 Å². The highest BCUT2D eigenvalue weighted by atomic mass is 16.7. The predicted molar refractivity (Wildman–Crippen MR) is 93.9 cm³/mol. The third kappa shape index (κ3) is 3.52. The normalized spacial score (nSPS) is 15.9. The van der Waals surface area contributed by atoms with Gasteiger partial charge in [-0.25, -0.2) is 4.98 Å². The number of anilines is 1. The maximum Gasteiger partial charge on any atom is 0.272 e. The molecule has 0 bridgehead atoms. The van der Waals surface area contributed by atoms with Crippen molar-refractivity contribution in [3.05, 3.63) is 47.8 Å². The van der Waals surface area contributed by atoms with Crippen LogP contribution in [0.25, 0.3) is 0 Å². The number of benzene rings is 1. The van der Waals surface area contributed by atoms with Crippen molar-refractivity contribution in [2.45, 2.75) is 25.8 Å². The highest BCUT2D eigenvalue weighted by Crippen LogP contribution is 2.32. The van der Waals surface area contributed by atoms with Crippen LogP contribution in [0, 0.1) is 0 Å². The number of rotatable bonds is 4. The van der Waals surface area contributed by atoms with E-state index in [9.17, 15) is 4.79 Å². The lowest BCUT2D eigenvalue weighted by molar-refractivity contribution is 0.0718. The first-order chi connectivity index (χ1) is 12.3. The smallest absolute Gasteiger partial charge is 0.272 e. The van der Waals surface area contributed by atoms with Crippen LogP contribution in [0.15, 0.2) is 36.5 Å². The summed E-state index contributed by atoms with van der Waals surface area (Å²) in [5.41, 5.74) is 2.49. The fraction of sp³-hybridized carbons (Fsp3) is 0.368. The Kier molecular flexibility index (Phi) is 4.41. The molecular weight excluding hydrogens is 318 g/mol. The molecule has 6 nitrogen and oxygen atoms in total. The largest absolute Gasteiger partial charge is 0.454 e. The summed E-state index contributed by atoms with van der Waals surface area (Å²) < 4.78 is 10.7. The number of ether oxygens (including phenoxy) is 2. The molecule has 1 N–H and O–H groups in total. The molecule has 1 aromatic carbocycles. The van der Waals surface area contributed by atoms with Crippen LogP contribution in [0.1, 0.15) is 35.3 Å². The second-order valence-corrected chi connectivity index (χ2v) is 6.33. The molecule has 3 heterocycles. The molecule has 0 saturated carbocycles. The molecule has 2 aliphatic rings. The van der Waals surface area contributed by atoms with Gasteiger partial charge in [0, 0.05) is 19.6 Å². The van der Waals surface area contributed by atoms with Crippen molar-refractivity contribution >= 4 is 11.6 Å². The van der Waals surface area contributed by atoms with Gasteiger partial charge in [-0.15, -0.1) is 0 Å². The summed E-state index contributed by atoms with van der Waals surface area (Å²) in [6, 6.07) is 9.58. The van der Waals surface area contributed by atoms with Crippen molar-refractivity contribution in [2.24, 2.45) is 0 Å². The zero-order valence-corrected chi connectivity index (χ0v) is 14.0. The van der Waals surface area contributed by atoms with E-state index < -0.39 is 0 Å². The molecule has 0 spiro atoms. The molecule has 1 saturated heterocycles. The fourth-order valence-corrected chi connectivity index (χ4v) is 3.14. The third-order valence-corrected chi connectivity index (χ3v) is 4.56. The molecular formula is C19H21N3O3. The van der Waals surface area contributed by atoms with E-state index in [1.165, 1.54) is 6.42 Å². The third-order valence-electron chi connectivity index (χ3n) is 4.56. The highest BCUT2D eigenvalue weighted by Gasteiger charge is 2.19. The molecule has 4 rings (SSSR count). The van der Waals surface area contributed by atoms with E-state index in [0.29, 0.717) is 12.2 Å². The molecule has 0 aliphatic carbocycles. The number of pyridine rings is 1. The van der Waals surface area contributed by atoms with E-state index in [1.807, 2.05) is 29.2 Å². The Labute approximate surface area is 146 Å². The van der Waals surface area contributed by atoms with Crippen LogP contribution in [0.4, 0.5) is 5.69 Å². The molecule has 0 unspecified atom stereocenters. The van der Waals surface area contributed by atoms with E-state index >= 15 is 0 Å². The number of nitrogens with one attached hydrogen (secondary N) is 1. The standard InChI is InChI=1S/C19H21N3O3/c23-19(22-8-2-1-3-9-22)16-6-5-15(12-21-16)20-11-14-4-7-17-18(10-14)25-13-24-17/h4-7,10,12,20H,1-3,8-9,11,13H2. The molecule has 1 amide bonds. The van der Waals surface area contributed by atoms with Crippen molar-refractivity contribution < 1.29 is 14.3 Å². The second-order valence-electron chi connectivity index (χ2n) is 6.33. The average Bonchev–Trinajstić information content (AvgIpc) is 3.15. The molecule has 0 atom stereocenters. The Hall–Kier alpha value is -2.76. The maximum absolute atomic E-state index is 12.4. The van der Waals surface area contributed by atoms with Gasteiger partial charge in [0.1, 0.15) is 5.69 Å². The van der Waals surface area contributed by atoms with Crippen LogP contribution in [0.5, 0.6) is 11.5 Å². The molecule has 25 heavy (non-hydrogen) atoms. The second kappa shape index (κ2) is 7.01. The minimum atomic E-state index is 0.0296. The number of nitrogens with zero attached hydrogens (tertiary/aromatic N) is 2. The monoisotopic (exact) mass is 339 g/mol. The number of likely N-dealkylation sites (tertiary alicyclic amines) is 1. The SMILES string of the molecule is O=C(c1ccc(NCc2ccc3c(c2)OCO3)cn1)N1CCCCC1. The predicted octanol–water partition coefficient (Wildman–Crippen LogP) is 3.05. The van der Waals surface area contributed by atoms with Gasteiger partial charge in [0.25, 0.3) is 5.91 Å². The van der Waals surface area contributed by atoms with Gasteiger partial charge < -0.3 is 19.7 Å². The van der Waals surface area contributed by atoms with Gasteiger partial charge in [-0.3, -0.25) is 4.79 Å². The summed E-state index contributed by atoms with van der Waals surface area (Å²) in [7, 11) is 0. The first-order valence-electron chi connectivity index (χ1n) is 8.67. The molecule has 0 radical (unpaired) electrons. The Morgan fingerprint density at radius 3 is 2.72 bits per heavy atom. The highest BCUT2D eigenvalue weighted by molar-refractivity contribution is 5.92. The van der Waals surface area contributed by atoms with Crippen molar-refractivity contribution in [1.29, 1.82) is 0 Å². The summed E-state index contributed by atoms with van der Waals surface area (Å²) in [4.78, 5) is 18.6. The van der Waals surface area contributed by atoms with Gasteiger partial charge >= 0.3 is 0 Å². The number of piperidine rings is 1. The Morgan fingerprint density at radius 2 is 1.92 bits per heavy atom. The number of hydrogen-bond acceptors (Lipinski definition) is 5. The maximum atomic E-state index is 12.4. The van der Waals surface area contributed by atoms with Crippen LogP contribution in [0.3, 0.4) is 0 Å². The van der Waals surface area contributed by atoms with Crippen LogP contribution in [0.2, 0.25) is 0 Å². The molecule has 130 valence electrons. The van der Waals surface area contributed by atoms with Crippen LogP contribution in [-0.4, -0.2) is 35.7 Å². The van der Waals surface area contributed by atoms with E-state index in [4.69, 9.17) is 9.47 Å². The zero-order chi connectivity index (χ0) is 17.1. The Bertz CT molecular complexity index is 755. The lowest BCUT2D eigenvalue weighted by atomic mass is 10.1. The summed E-state index contributed by atoms with van der Waals surface area (Å²) >= 11 is 0. The molecule has 1 fully saturated rings. The minimum absolute atomic E-state index is 0.0296. The summed E-state index contributed by atoms with van der Waals surface area (Å²) in [6.07, 6.45) is 5.09. The van der Waals surface area contributed by atoms with Gasteiger partial charge in [-0.1, -0.05) is 6.07 Å². The number of carbonyl (C=O) groups excluding carboxylic acids is 1. The van der Waals surface area contributed by atoms with E-state index in [1.54, 1.807) is 12.3 Å². The molecule has 1 aromatic heterocycles. The fourth-order valence-electron chi connectivity index (χ4n) is 3.14. The Balaban J connectivity index is 1.36. The van der Waals surface area contributed by atoms with Crippen LogP contribution in [-0.2, 0) is 6.54 Å².